The van der Waals surface area contributed by atoms with Gasteiger partial charge in [-0.2, -0.15) is 0 Å². The van der Waals surface area contributed by atoms with Crippen molar-refractivity contribution in [1.29, 1.82) is 0 Å². The van der Waals surface area contributed by atoms with Crippen molar-refractivity contribution in [2.45, 2.75) is 50.7 Å². The Morgan fingerprint density at radius 1 is 0.875 bits per heavy atom. The molecular formula is C30H37N3O6S. The molecule has 0 bridgehead atoms. The number of benzene rings is 3. The zero-order valence-electron chi connectivity index (χ0n) is 23.5. The number of rotatable bonds is 13. The molecule has 10 heteroatoms. The number of carbonyl (C=O) groups excluding carboxylic acids is 2. The second-order valence-corrected chi connectivity index (χ2v) is 11.3. The Bertz CT molecular complexity index is 1380. The van der Waals surface area contributed by atoms with E-state index in [1.165, 1.54) is 24.1 Å². The average Bonchev–Trinajstić information content (AvgIpc) is 2.95. The Labute approximate surface area is 236 Å². The van der Waals surface area contributed by atoms with Gasteiger partial charge in [0.1, 0.15) is 24.1 Å². The van der Waals surface area contributed by atoms with Crippen molar-refractivity contribution in [2.24, 2.45) is 0 Å². The third kappa shape index (κ3) is 7.53. The first-order valence-electron chi connectivity index (χ1n) is 13.0. The molecule has 0 aliphatic rings. The topological polar surface area (TPSA) is 105 Å². The van der Waals surface area contributed by atoms with E-state index in [0.29, 0.717) is 23.6 Å². The van der Waals surface area contributed by atoms with Crippen LogP contribution >= 0.6 is 0 Å². The highest BCUT2D eigenvalue weighted by molar-refractivity contribution is 7.92. The molecule has 3 aromatic rings. The molecule has 9 nitrogen and oxygen atoms in total. The van der Waals surface area contributed by atoms with E-state index >= 15 is 0 Å². The number of nitrogens with zero attached hydrogens (tertiary/aromatic N) is 2. The van der Waals surface area contributed by atoms with Crippen LogP contribution in [0.4, 0.5) is 5.69 Å². The summed E-state index contributed by atoms with van der Waals surface area (Å²) in [5.41, 5.74) is 1.03. The third-order valence-corrected chi connectivity index (χ3v) is 8.06. The van der Waals surface area contributed by atoms with Gasteiger partial charge in [0.05, 0.1) is 24.8 Å². The summed E-state index contributed by atoms with van der Waals surface area (Å²) in [4.78, 5) is 28.8. The summed E-state index contributed by atoms with van der Waals surface area (Å²) in [5, 5.41) is 2.89. The predicted octanol–water partition coefficient (Wildman–Crippen LogP) is 4.23. The SMILES string of the molecule is CCC(C(=O)NC(C)C)N(Cc1cccc(OC)c1)C(=O)CN(c1ccc(OC)cc1)S(=O)(=O)c1ccccc1. The molecule has 0 aliphatic heterocycles. The molecule has 1 unspecified atom stereocenters. The molecular weight excluding hydrogens is 530 g/mol. The summed E-state index contributed by atoms with van der Waals surface area (Å²) in [6.45, 7) is 5.08. The van der Waals surface area contributed by atoms with Crippen molar-refractivity contribution in [3.05, 3.63) is 84.4 Å². The first-order valence-corrected chi connectivity index (χ1v) is 14.5. The number of methoxy groups -OCH3 is 2. The molecule has 0 saturated carbocycles. The van der Waals surface area contributed by atoms with Gasteiger partial charge in [-0.05, 0) is 74.4 Å². The summed E-state index contributed by atoms with van der Waals surface area (Å²) in [6, 6.07) is 20.6. The van der Waals surface area contributed by atoms with Crippen molar-refractivity contribution in [3.8, 4) is 11.5 Å². The van der Waals surface area contributed by atoms with Crippen LogP contribution in [0.15, 0.2) is 83.8 Å². The van der Waals surface area contributed by atoms with Crippen molar-refractivity contribution >= 4 is 27.5 Å². The largest absolute Gasteiger partial charge is 0.497 e. The Morgan fingerprint density at radius 3 is 2.10 bits per heavy atom. The number of nitrogens with one attached hydrogen (secondary N) is 1. The van der Waals surface area contributed by atoms with Gasteiger partial charge in [-0.25, -0.2) is 8.42 Å². The highest BCUT2D eigenvalue weighted by Crippen LogP contribution is 2.27. The molecule has 0 saturated heterocycles. The van der Waals surface area contributed by atoms with Gasteiger partial charge in [0, 0.05) is 12.6 Å². The van der Waals surface area contributed by atoms with Crippen molar-refractivity contribution in [1.82, 2.24) is 10.2 Å². The fourth-order valence-electron chi connectivity index (χ4n) is 4.26. The van der Waals surface area contributed by atoms with E-state index in [9.17, 15) is 18.0 Å². The predicted molar refractivity (Wildman–Crippen MR) is 155 cm³/mol. The Morgan fingerprint density at radius 2 is 1.52 bits per heavy atom. The molecule has 3 rings (SSSR count). The molecule has 0 aliphatic carbocycles. The number of hydrogen-bond acceptors (Lipinski definition) is 6. The van der Waals surface area contributed by atoms with E-state index in [0.717, 1.165) is 9.87 Å². The fraction of sp³-hybridized carbons (Fsp3) is 0.333. The van der Waals surface area contributed by atoms with Crippen LogP contribution in [-0.4, -0.2) is 58.0 Å². The number of hydrogen-bond donors (Lipinski definition) is 1. The van der Waals surface area contributed by atoms with E-state index in [1.54, 1.807) is 67.8 Å². The maximum absolute atomic E-state index is 14.1. The normalized spacial score (nSPS) is 11.9. The zero-order chi connectivity index (χ0) is 29.3. The van der Waals surface area contributed by atoms with Gasteiger partial charge in [-0.1, -0.05) is 37.3 Å². The molecule has 1 N–H and O–H groups in total. The van der Waals surface area contributed by atoms with E-state index in [1.807, 2.05) is 26.8 Å². The van der Waals surface area contributed by atoms with Gasteiger partial charge in [0.2, 0.25) is 11.8 Å². The van der Waals surface area contributed by atoms with Gasteiger partial charge in [0.25, 0.3) is 10.0 Å². The zero-order valence-corrected chi connectivity index (χ0v) is 24.4. The first-order chi connectivity index (χ1) is 19.1. The van der Waals surface area contributed by atoms with Gasteiger partial charge in [-0.3, -0.25) is 13.9 Å². The maximum Gasteiger partial charge on any atom is 0.264 e. The van der Waals surface area contributed by atoms with Crippen LogP contribution in [0, 0.1) is 0 Å². The number of amides is 2. The van der Waals surface area contributed by atoms with Gasteiger partial charge < -0.3 is 19.7 Å². The van der Waals surface area contributed by atoms with Crippen molar-refractivity contribution in [3.63, 3.8) is 0 Å². The van der Waals surface area contributed by atoms with E-state index in [-0.39, 0.29) is 23.4 Å². The Balaban J connectivity index is 2.06. The molecule has 1 atom stereocenters. The number of anilines is 1. The molecule has 214 valence electrons. The minimum atomic E-state index is -4.13. The van der Waals surface area contributed by atoms with Gasteiger partial charge >= 0.3 is 0 Å². The smallest absolute Gasteiger partial charge is 0.264 e. The van der Waals surface area contributed by atoms with E-state index in [2.05, 4.69) is 5.32 Å². The number of sulfonamides is 1. The summed E-state index contributed by atoms with van der Waals surface area (Å²) in [7, 11) is -1.07. The second-order valence-electron chi connectivity index (χ2n) is 9.48. The lowest BCUT2D eigenvalue weighted by Crippen LogP contribution is -2.53. The fourth-order valence-corrected chi connectivity index (χ4v) is 5.70. The third-order valence-electron chi connectivity index (χ3n) is 6.27. The van der Waals surface area contributed by atoms with Crippen LogP contribution in [0.1, 0.15) is 32.8 Å². The van der Waals surface area contributed by atoms with Crippen LogP contribution in [0.5, 0.6) is 11.5 Å². The molecule has 40 heavy (non-hydrogen) atoms. The maximum atomic E-state index is 14.1. The lowest BCUT2D eigenvalue weighted by molar-refractivity contribution is -0.140. The summed E-state index contributed by atoms with van der Waals surface area (Å²) >= 11 is 0. The molecule has 2 amide bonds. The highest BCUT2D eigenvalue weighted by atomic mass is 32.2. The quantitative estimate of drug-likeness (QED) is 0.332. The van der Waals surface area contributed by atoms with Crippen LogP contribution in [0.3, 0.4) is 0 Å². The highest BCUT2D eigenvalue weighted by Gasteiger charge is 2.33. The Kier molecular flexibility index (Phi) is 10.6. The molecule has 0 radical (unpaired) electrons. The Hall–Kier alpha value is -4.05. The van der Waals surface area contributed by atoms with Crippen LogP contribution < -0.4 is 19.1 Å². The first kappa shape index (κ1) is 30.5. The van der Waals surface area contributed by atoms with Crippen molar-refractivity contribution < 1.29 is 27.5 Å². The minimum Gasteiger partial charge on any atom is -0.497 e. The average molecular weight is 568 g/mol. The molecule has 0 heterocycles. The molecule has 0 fully saturated rings. The molecule has 3 aromatic carbocycles. The lowest BCUT2D eigenvalue weighted by Gasteiger charge is -2.33. The molecule has 0 aromatic heterocycles. The van der Waals surface area contributed by atoms with E-state index in [4.69, 9.17) is 9.47 Å². The van der Waals surface area contributed by atoms with E-state index < -0.39 is 28.5 Å². The van der Waals surface area contributed by atoms with Gasteiger partial charge in [-0.15, -0.1) is 0 Å². The van der Waals surface area contributed by atoms with Crippen LogP contribution in [0.2, 0.25) is 0 Å². The van der Waals surface area contributed by atoms with Crippen molar-refractivity contribution in [2.75, 3.05) is 25.1 Å². The van der Waals surface area contributed by atoms with Crippen LogP contribution in [0.25, 0.3) is 0 Å². The standard InChI is InChI=1S/C30H37N3O6S/c1-6-28(30(35)31-22(2)3)32(20-23-11-10-12-26(19-23)39-5)29(34)21-33(24-15-17-25(38-4)18-16-24)40(36,37)27-13-8-7-9-14-27/h7-19,22,28H,6,20-21H2,1-5H3,(H,31,35). The van der Waals surface area contributed by atoms with Crippen LogP contribution in [-0.2, 0) is 26.2 Å². The number of ether oxygens (including phenoxy) is 2. The minimum absolute atomic E-state index is 0.0440. The summed E-state index contributed by atoms with van der Waals surface area (Å²) < 4.78 is 39.3. The summed E-state index contributed by atoms with van der Waals surface area (Å²) in [6.07, 6.45) is 0.336. The monoisotopic (exact) mass is 567 g/mol. The van der Waals surface area contributed by atoms with Gasteiger partial charge in [0.15, 0.2) is 0 Å². The second kappa shape index (κ2) is 13.8. The summed E-state index contributed by atoms with van der Waals surface area (Å²) in [5.74, 6) is 0.318. The molecule has 0 spiro atoms. The number of carbonyl (C=O) groups is 2. The lowest BCUT2D eigenvalue weighted by atomic mass is 10.1.